The molecule has 0 spiro atoms. The van der Waals surface area contributed by atoms with E-state index in [2.05, 4.69) is 31.3 Å². The second kappa shape index (κ2) is 6.21. The van der Waals surface area contributed by atoms with Gasteiger partial charge in [0, 0.05) is 18.7 Å². The lowest BCUT2D eigenvalue weighted by Crippen LogP contribution is -2.35. The molecule has 0 radical (unpaired) electrons. The molecule has 0 amide bonds. The van der Waals surface area contributed by atoms with E-state index in [4.69, 9.17) is 9.47 Å². The van der Waals surface area contributed by atoms with Gasteiger partial charge in [-0.2, -0.15) is 0 Å². The number of methoxy groups -OCH3 is 1. The van der Waals surface area contributed by atoms with Gasteiger partial charge in [0.25, 0.3) is 0 Å². The van der Waals surface area contributed by atoms with Gasteiger partial charge in [0.2, 0.25) is 0 Å². The lowest BCUT2D eigenvalue weighted by atomic mass is 9.98. The third kappa shape index (κ3) is 3.24. The molecule has 1 aromatic carbocycles. The highest BCUT2D eigenvalue weighted by Gasteiger charge is 2.23. The molecule has 2 unspecified atom stereocenters. The predicted octanol–water partition coefficient (Wildman–Crippen LogP) is 2.77. The summed E-state index contributed by atoms with van der Waals surface area (Å²) in [6.07, 6.45) is 1.17. The van der Waals surface area contributed by atoms with Crippen molar-refractivity contribution >= 4 is 0 Å². The maximum atomic E-state index is 5.44. The van der Waals surface area contributed by atoms with Crippen LogP contribution in [0.1, 0.15) is 31.9 Å². The van der Waals surface area contributed by atoms with Crippen molar-refractivity contribution in [1.29, 1.82) is 0 Å². The third-order valence-electron chi connectivity index (χ3n) is 3.78. The number of benzene rings is 1. The number of hydrogen-bond acceptors (Lipinski definition) is 3. The SMILES string of the molecule is COc1cccc([C@H](C)NC(C)C2CCOC2)c1. The number of ether oxygens (including phenoxy) is 2. The average Bonchev–Trinajstić information content (AvgIpc) is 2.92. The van der Waals surface area contributed by atoms with Crippen LogP contribution in [0.3, 0.4) is 0 Å². The highest BCUT2D eigenvalue weighted by Crippen LogP contribution is 2.22. The van der Waals surface area contributed by atoms with Crippen molar-refractivity contribution in [3.63, 3.8) is 0 Å². The molecule has 3 atom stereocenters. The van der Waals surface area contributed by atoms with Crippen LogP contribution >= 0.6 is 0 Å². The molecule has 1 saturated heterocycles. The Kier molecular flexibility index (Phi) is 4.61. The minimum absolute atomic E-state index is 0.329. The Labute approximate surface area is 109 Å². The van der Waals surface area contributed by atoms with Gasteiger partial charge in [0.05, 0.1) is 13.7 Å². The summed E-state index contributed by atoms with van der Waals surface area (Å²) >= 11 is 0. The lowest BCUT2D eigenvalue weighted by Gasteiger charge is -2.24. The van der Waals surface area contributed by atoms with Crippen molar-refractivity contribution < 1.29 is 9.47 Å². The average molecular weight is 249 g/mol. The zero-order valence-corrected chi connectivity index (χ0v) is 11.5. The molecule has 3 heteroatoms. The monoisotopic (exact) mass is 249 g/mol. The van der Waals surface area contributed by atoms with Crippen LogP contribution < -0.4 is 10.1 Å². The van der Waals surface area contributed by atoms with Crippen molar-refractivity contribution in [2.24, 2.45) is 5.92 Å². The molecule has 1 fully saturated rings. The number of rotatable bonds is 5. The maximum Gasteiger partial charge on any atom is 0.119 e. The molecule has 1 heterocycles. The van der Waals surface area contributed by atoms with E-state index in [1.54, 1.807) is 7.11 Å². The van der Waals surface area contributed by atoms with Crippen LogP contribution in [0.5, 0.6) is 5.75 Å². The minimum Gasteiger partial charge on any atom is -0.497 e. The Balaban J connectivity index is 1.95. The van der Waals surface area contributed by atoms with E-state index in [0.717, 1.165) is 19.0 Å². The van der Waals surface area contributed by atoms with E-state index in [9.17, 15) is 0 Å². The molecule has 0 aliphatic carbocycles. The first-order chi connectivity index (χ1) is 8.70. The summed E-state index contributed by atoms with van der Waals surface area (Å²) in [5.74, 6) is 1.55. The Morgan fingerprint density at radius 2 is 2.22 bits per heavy atom. The van der Waals surface area contributed by atoms with Crippen LogP contribution in [-0.2, 0) is 4.74 Å². The quantitative estimate of drug-likeness (QED) is 0.870. The van der Waals surface area contributed by atoms with Gasteiger partial charge in [0.15, 0.2) is 0 Å². The van der Waals surface area contributed by atoms with Crippen molar-refractivity contribution in [2.75, 3.05) is 20.3 Å². The molecule has 1 aromatic rings. The Bertz CT molecular complexity index is 375. The highest BCUT2D eigenvalue weighted by molar-refractivity contribution is 5.30. The highest BCUT2D eigenvalue weighted by atomic mass is 16.5. The van der Waals surface area contributed by atoms with Gasteiger partial charge in [-0.1, -0.05) is 12.1 Å². The van der Waals surface area contributed by atoms with Crippen molar-refractivity contribution in [3.05, 3.63) is 29.8 Å². The molecular weight excluding hydrogens is 226 g/mol. The zero-order valence-electron chi connectivity index (χ0n) is 11.5. The second-order valence-corrected chi connectivity index (χ2v) is 5.08. The van der Waals surface area contributed by atoms with Crippen LogP contribution in [0.2, 0.25) is 0 Å². The van der Waals surface area contributed by atoms with Gasteiger partial charge in [-0.25, -0.2) is 0 Å². The lowest BCUT2D eigenvalue weighted by molar-refractivity contribution is 0.177. The first-order valence-electron chi connectivity index (χ1n) is 6.68. The van der Waals surface area contributed by atoms with E-state index in [0.29, 0.717) is 18.0 Å². The van der Waals surface area contributed by atoms with E-state index in [-0.39, 0.29) is 0 Å². The fourth-order valence-electron chi connectivity index (χ4n) is 2.48. The molecule has 1 aliphatic heterocycles. The standard InChI is InChI=1S/C15H23NO2/c1-11(13-5-4-6-15(9-13)17-3)16-12(2)14-7-8-18-10-14/h4-6,9,11-12,14,16H,7-8,10H2,1-3H3/t11-,12?,14?/m0/s1. The van der Waals surface area contributed by atoms with E-state index in [1.165, 1.54) is 12.0 Å². The first kappa shape index (κ1) is 13.4. The molecule has 100 valence electrons. The summed E-state index contributed by atoms with van der Waals surface area (Å²) in [5.41, 5.74) is 1.26. The van der Waals surface area contributed by atoms with Crippen LogP contribution in [0.4, 0.5) is 0 Å². The fourth-order valence-corrected chi connectivity index (χ4v) is 2.48. The summed E-state index contributed by atoms with van der Waals surface area (Å²) in [4.78, 5) is 0. The molecule has 2 rings (SSSR count). The van der Waals surface area contributed by atoms with Crippen LogP contribution in [0.25, 0.3) is 0 Å². The molecule has 1 aliphatic rings. The topological polar surface area (TPSA) is 30.5 Å². The summed E-state index contributed by atoms with van der Waals surface area (Å²) in [6, 6.07) is 9.05. The third-order valence-corrected chi connectivity index (χ3v) is 3.78. The van der Waals surface area contributed by atoms with Gasteiger partial charge < -0.3 is 14.8 Å². The van der Waals surface area contributed by atoms with Gasteiger partial charge >= 0.3 is 0 Å². The first-order valence-corrected chi connectivity index (χ1v) is 6.68. The Morgan fingerprint density at radius 3 is 2.89 bits per heavy atom. The normalized spacial score (nSPS) is 22.7. The van der Waals surface area contributed by atoms with Crippen molar-refractivity contribution in [1.82, 2.24) is 5.32 Å². The van der Waals surface area contributed by atoms with Crippen LogP contribution in [-0.4, -0.2) is 26.4 Å². The molecule has 0 saturated carbocycles. The molecule has 18 heavy (non-hydrogen) atoms. The van der Waals surface area contributed by atoms with E-state index in [1.807, 2.05) is 12.1 Å². The van der Waals surface area contributed by atoms with Crippen LogP contribution in [0.15, 0.2) is 24.3 Å². The largest absolute Gasteiger partial charge is 0.497 e. The maximum absolute atomic E-state index is 5.44. The predicted molar refractivity (Wildman–Crippen MR) is 72.9 cm³/mol. The van der Waals surface area contributed by atoms with Gasteiger partial charge in [0.1, 0.15) is 5.75 Å². The van der Waals surface area contributed by atoms with Crippen LogP contribution in [0, 0.1) is 5.92 Å². The summed E-state index contributed by atoms with van der Waals surface area (Å²) in [5, 5.41) is 3.65. The van der Waals surface area contributed by atoms with Crippen molar-refractivity contribution in [2.45, 2.75) is 32.4 Å². The summed E-state index contributed by atoms with van der Waals surface area (Å²) < 4.78 is 10.7. The minimum atomic E-state index is 0.329. The zero-order chi connectivity index (χ0) is 13.0. The fraction of sp³-hybridized carbons (Fsp3) is 0.600. The number of nitrogens with one attached hydrogen (secondary N) is 1. The smallest absolute Gasteiger partial charge is 0.119 e. The van der Waals surface area contributed by atoms with Gasteiger partial charge in [-0.3, -0.25) is 0 Å². The second-order valence-electron chi connectivity index (χ2n) is 5.08. The molecule has 3 nitrogen and oxygen atoms in total. The summed E-state index contributed by atoms with van der Waals surface area (Å²) in [7, 11) is 1.70. The van der Waals surface area contributed by atoms with Gasteiger partial charge in [-0.05, 0) is 43.9 Å². The molecule has 0 aromatic heterocycles. The van der Waals surface area contributed by atoms with E-state index < -0.39 is 0 Å². The molecule has 0 bridgehead atoms. The Hall–Kier alpha value is -1.06. The Morgan fingerprint density at radius 1 is 1.39 bits per heavy atom. The van der Waals surface area contributed by atoms with Gasteiger partial charge in [-0.15, -0.1) is 0 Å². The molecular formula is C15H23NO2. The number of hydrogen-bond donors (Lipinski definition) is 1. The summed E-state index contributed by atoms with van der Waals surface area (Å²) in [6.45, 7) is 6.24. The molecule has 1 N–H and O–H groups in total. The van der Waals surface area contributed by atoms with Crippen molar-refractivity contribution in [3.8, 4) is 5.75 Å². The van der Waals surface area contributed by atoms with E-state index >= 15 is 0 Å².